The topological polar surface area (TPSA) is 69.0 Å². The van der Waals surface area contributed by atoms with Crippen LogP contribution in [0.5, 0.6) is 5.88 Å². The summed E-state index contributed by atoms with van der Waals surface area (Å²) in [4.78, 5) is 16.5. The van der Waals surface area contributed by atoms with E-state index < -0.39 is 0 Å². The molecule has 0 bridgehead atoms. The van der Waals surface area contributed by atoms with E-state index in [1.54, 1.807) is 37.4 Å². The third-order valence-corrected chi connectivity index (χ3v) is 3.67. The number of aromatic nitrogens is 3. The number of hydrogen-bond donors (Lipinski definition) is 1. The predicted molar refractivity (Wildman–Crippen MR) is 92.4 cm³/mol. The average Bonchev–Trinajstić information content (AvgIpc) is 2.97. The van der Waals surface area contributed by atoms with Crippen LogP contribution in [0.25, 0.3) is 11.3 Å². The summed E-state index contributed by atoms with van der Waals surface area (Å²) in [5, 5.41) is 7.78. The number of nitrogens with zero attached hydrogens (tertiary/aromatic N) is 3. The van der Waals surface area contributed by atoms with E-state index in [0.717, 1.165) is 5.56 Å². The number of carbonyl (C=O) groups is 1. The Kier molecular flexibility index (Phi) is 4.48. The van der Waals surface area contributed by atoms with Crippen molar-refractivity contribution in [1.82, 2.24) is 14.8 Å². The fourth-order valence-electron chi connectivity index (χ4n) is 2.24. The molecule has 0 radical (unpaired) electrons. The molecule has 3 aromatic rings. The highest BCUT2D eigenvalue weighted by molar-refractivity contribution is 6.30. The van der Waals surface area contributed by atoms with Crippen molar-refractivity contribution in [2.24, 2.45) is 7.05 Å². The van der Waals surface area contributed by atoms with Crippen molar-refractivity contribution in [2.75, 3.05) is 12.4 Å². The maximum Gasteiger partial charge on any atom is 0.273 e. The Morgan fingerprint density at radius 3 is 2.75 bits per heavy atom. The van der Waals surface area contributed by atoms with Gasteiger partial charge in [0, 0.05) is 23.7 Å². The van der Waals surface area contributed by atoms with Crippen molar-refractivity contribution in [1.29, 1.82) is 0 Å². The molecule has 1 amide bonds. The van der Waals surface area contributed by atoms with Crippen LogP contribution >= 0.6 is 11.6 Å². The molecule has 122 valence electrons. The molecule has 1 N–H and O–H groups in total. The molecule has 0 fully saturated rings. The van der Waals surface area contributed by atoms with E-state index in [9.17, 15) is 4.79 Å². The van der Waals surface area contributed by atoms with Gasteiger partial charge in [-0.25, -0.2) is 4.98 Å². The molecule has 0 saturated heterocycles. The van der Waals surface area contributed by atoms with Gasteiger partial charge in [0.05, 0.1) is 24.7 Å². The number of nitrogens with one attached hydrogen (secondary N) is 1. The number of amides is 1. The highest BCUT2D eigenvalue weighted by atomic mass is 35.5. The minimum atomic E-state index is -0.273. The summed E-state index contributed by atoms with van der Waals surface area (Å²) < 4.78 is 6.52. The monoisotopic (exact) mass is 342 g/mol. The average molecular weight is 343 g/mol. The van der Waals surface area contributed by atoms with Crippen LogP contribution in [-0.2, 0) is 7.05 Å². The van der Waals surface area contributed by atoms with Crippen molar-refractivity contribution in [3.05, 3.63) is 59.4 Å². The number of hydrogen-bond acceptors (Lipinski definition) is 4. The van der Waals surface area contributed by atoms with Crippen LogP contribution in [0.1, 0.15) is 10.5 Å². The summed E-state index contributed by atoms with van der Waals surface area (Å²) in [6, 6.07) is 12.4. The van der Waals surface area contributed by atoms with Gasteiger partial charge in [-0.15, -0.1) is 0 Å². The van der Waals surface area contributed by atoms with Gasteiger partial charge in [0.15, 0.2) is 0 Å². The molecule has 3 rings (SSSR count). The zero-order valence-corrected chi connectivity index (χ0v) is 13.9. The number of anilines is 1. The SMILES string of the molecule is COc1ccc(NC(=O)c2cc(-c3cccc(Cl)c3)nn2C)cn1. The molecule has 7 heteroatoms. The minimum absolute atomic E-state index is 0.273. The zero-order valence-electron chi connectivity index (χ0n) is 13.2. The van der Waals surface area contributed by atoms with Crippen LogP contribution in [0.2, 0.25) is 5.02 Å². The fraction of sp³-hybridized carbons (Fsp3) is 0.118. The first kappa shape index (κ1) is 16.0. The van der Waals surface area contributed by atoms with Crippen molar-refractivity contribution < 1.29 is 9.53 Å². The van der Waals surface area contributed by atoms with Gasteiger partial charge >= 0.3 is 0 Å². The predicted octanol–water partition coefficient (Wildman–Crippen LogP) is 3.40. The standard InChI is InChI=1S/C17H15ClN4O2/c1-22-15(9-14(21-22)11-4-3-5-12(18)8-11)17(23)20-13-6-7-16(24-2)19-10-13/h3-10H,1-2H3,(H,20,23). The van der Waals surface area contributed by atoms with Gasteiger partial charge in [-0.05, 0) is 24.3 Å². The first-order valence-electron chi connectivity index (χ1n) is 7.18. The van der Waals surface area contributed by atoms with E-state index in [4.69, 9.17) is 16.3 Å². The number of halogens is 1. The molecule has 0 aliphatic rings. The third-order valence-electron chi connectivity index (χ3n) is 3.44. The van der Waals surface area contributed by atoms with Crippen molar-refractivity contribution in [3.8, 4) is 17.1 Å². The first-order valence-corrected chi connectivity index (χ1v) is 7.56. The maximum atomic E-state index is 12.4. The van der Waals surface area contributed by atoms with Crippen LogP contribution < -0.4 is 10.1 Å². The number of carbonyl (C=O) groups excluding carboxylic acids is 1. The first-order chi connectivity index (χ1) is 11.6. The molecule has 0 aliphatic heterocycles. The second-order valence-corrected chi connectivity index (χ2v) is 5.53. The summed E-state index contributed by atoms with van der Waals surface area (Å²) >= 11 is 6.00. The molecular weight excluding hydrogens is 328 g/mol. The largest absolute Gasteiger partial charge is 0.481 e. The Hall–Kier alpha value is -2.86. The maximum absolute atomic E-state index is 12.4. The Bertz CT molecular complexity index is 875. The molecule has 0 spiro atoms. The Balaban J connectivity index is 1.82. The molecule has 0 aliphatic carbocycles. The van der Waals surface area contributed by atoms with Gasteiger partial charge in [0.2, 0.25) is 5.88 Å². The van der Waals surface area contributed by atoms with E-state index in [0.29, 0.717) is 28.0 Å². The summed E-state index contributed by atoms with van der Waals surface area (Å²) in [5.74, 6) is 0.210. The van der Waals surface area contributed by atoms with Crippen molar-refractivity contribution >= 4 is 23.2 Å². The second-order valence-electron chi connectivity index (χ2n) is 5.09. The molecule has 0 atom stereocenters. The van der Waals surface area contributed by atoms with Crippen LogP contribution in [0.3, 0.4) is 0 Å². The van der Waals surface area contributed by atoms with E-state index in [2.05, 4.69) is 15.4 Å². The van der Waals surface area contributed by atoms with E-state index >= 15 is 0 Å². The van der Waals surface area contributed by atoms with Crippen molar-refractivity contribution in [3.63, 3.8) is 0 Å². The molecule has 1 aromatic carbocycles. The lowest BCUT2D eigenvalue weighted by Crippen LogP contribution is -2.16. The number of pyridine rings is 1. The number of aryl methyl sites for hydroxylation is 1. The third kappa shape index (κ3) is 3.38. The second kappa shape index (κ2) is 6.72. The van der Waals surface area contributed by atoms with Gasteiger partial charge < -0.3 is 10.1 Å². The van der Waals surface area contributed by atoms with Crippen LogP contribution in [0.4, 0.5) is 5.69 Å². The number of rotatable bonds is 4. The Morgan fingerprint density at radius 1 is 1.25 bits per heavy atom. The summed E-state index contributed by atoms with van der Waals surface area (Å²) in [6.07, 6.45) is 1.53. The molecule has 6 nitrogen and oxygen atoms in total. The van der Waals surface area contributed by atoms with Crippen LogP contribution in [-0.4, -0.2) is 27.8 Å². The van der Waals surface area contributed by atoms with E-state index in [-0.39, 0.29) is 5.91 Å². The smallest absolute Gasteiger partial charge is 0.273 e. The molecule has 2 heterocycles. The number of ether oxygens (including phenoxy) is 1. The Labute approximate surface area is 144 Å². The lowest BCUT2D eigenvalue weighted by Gasteiger charge is -2.05. The summed E-state index contributed by atoms with van der Waals surface area (Å²) in [6.45, 7) is 0. The Morgan fingerprint density at radius 2 is 2.08 bits per heavy atom. The van der Waals surface area contributed by atoms with Gasteiger partial charge in [-0.2, -0.15) is 5.10 Å². The molecule has 0 saturated carbocycles. The quantitative estimate of drug-likeness (QED) is 0.789. The highest BCUT2D eigenvalue weighted by Crippen LogP contribution is 2.22. The van der Waals surface area contributed by atoms with Gasteiger partial charge in [0.25, 0.3) is 5.91 Å². The lowest BCUT2D eigenvalue weighted by molar-refractivity contribution is 0.101. The van der Waals surface area contributed by atoms with E-state index in [1.807, 2.05) is 12.1 Å². The molecule has 0 unspecified atom stereocenters. The number of methoxy groups -OCH3 is 1. The molecular formula is C17H15ClN4O2. The van der Waals surface area contributed by atoms with Crippen LogP contribution in [0.15, 0.2) is 48.7 Å². The van der Waals surface area contributed by atoms with Crippen molar-refractivity contribution in [2.45, 2.75) is 0 Å². The highest BCUT2D eigenvalue weighted by Gasteiger charge is 2.15. The van der Waals surface area contributed by atoms with Crippen LogP contribution in [0, 0.1) is 0 Å². The van der Waals surface area contributed by atoms with E-state index in [1.165, 1.54) is 18.0 Å². The normalized spacial score (nSPS) is 10.5. The zero-order chi connectivity index (χ0) is 17.1. The lowest BCUT2D eigenvalue weighted by atomic mass is 10.1. The summed E-state index contributed by atoms with van der Waals surface area (Å²) in [5.41, 5.74) is 2.54. The van der Waals surface area contributed by atoms with Gasteiger partial charge in [0.1, 0.15) is 5.69 Å². The minimum Gasteiger partial charge on any atom is -0.481 e. The van der Waals surface area contributed by atoms with Gasteiger partial charge in [-0.1, -0.05) is 23.7 Å². The number of benzene rings is 1. The molecule has 24 heavy (non-hydrogen) atoms. The van der Waals surface area contributed by atoms with Gasteiger partial charge in [-0.3, -0.25) is 9.48 Å². The summed E-state index contributed by atoms with van der Waals surface area (Å²) in [7, 11) is 3.25. The fourth-order valence-corrected chi connectivity index (χ4v) is 2.43. The molecule has 2 aromatic heterocycles.